The second kappa shape index (κ2) is 3.39. The summed E-state index contributed by atoms with van der Waals surface area (Å²) in [5.74, 6) is -3.36. The highest BCUT2D eigenvalue weighted by molar-refractivity contribution is 5.92. The number of carboxylic acids is 2. The number of carbonyl (C=O) groups is 2. The van der Waals surface area contributed by atoms with Gasteiger partial charge in [-0.05, 0) is 19.1 Å². The maximum absolute atomic E-state index is 10.9. The van der Waals surface area contributed by atoms with Gasteiger partial charge in [0.25, 0.3) is 0 Å². The molecule has 82 valence electrons. The van der Waals surface area contributed by atoms with E-state index in [0.29, 0.717) is 0 Å². The molecule has 6 nitrogen and oxygen atoms in total. The molecule has 0 aromatic heterocycles. The number of aliphatic carboxylic acids is 2. The first-order valence-electron chi connectivity index (χ1n) is 4.07. The average molecular weight is 214 g/mol. The van der Waals surface area contributed by atoms with Crippen molar-refractivity contribution in [3.05, 3.63) is 23.5 Å². The lowest BCUT2D eigenvalue weighted by molar-refractivity contribution is -0.150. The van der Waals surface area contributed by atoms with Gasteiger partial charge in [-0.2, -0.15) is 0 Å². The molecule has 1 aliphatic rings. The van der Waals surface area contributed by atoms with Crippen molar-refractivity contribution in [2.24, 2.45) is 5.41 Å². The summed E-state index contributed by atoms with van der Waals surface area (Å²) in [6.07, 6.45) is 0.0489. The Morgan fingerprint density at radius 2 is 1.93 bits per heavy atom. The van der Waals surface area contributed by atoms with Crippen LogP contribution in [-0.4, -0.2) is 38.5 Å². The van der Waals surface area contributed by atoms with E-state index in [0.717, 1.165) is 19.1 Å². The van der Waals surface area contributed by atoms with Crippen molar-refractivity contribution in [3.63, 3.8) is 0 Å². The highest BCUT2D eigenvalue weighted by Crippen LogP contribution is 2.34. The molecule has 0 radical (unpaired) electrons. The van der Waals surface area contributed by atoms with Crippen molar-refractivity contribution in [2.75, 3.05) is 0 Å². The molecular weight excluding hydrogens is 204 g/mol. The van der Waals surface area contributed by atoms with Gasteiger partial charge in [0.1, 0.15) is 17.3 Å². The molecule has 0 aromatic carbocycles. The van der Waals surface area contributed by atoms with Gasteiger partial charge in [0, 0.05) is 0 Å². The van der Waals surface area contributed by atoms with Crippen LogP contribution >= 0.6 is 0 Å². The maximum Gasteiger partial charge on any atom is 0.334 e. The van der Waals surface area contributed by atoms with Crippen molar-refractivity contribution in [1.82, 2.24) is 0 Å². The van der Waals surface area contributed by atoms with Gasteiger partial charge in [0.15, 0.2) is 0 Å². The van der Waals surface area contributed by atoms with Crippen LogP contribution in [0.1, 0.15) is 6.92 Å². The SMILES string of the molecule is CC1(C(=O)O)C=C(O)C=C(C(=O)O)C1O. The quantitative estimate of drug-likeness (QED) is 0.510. The topological polar surface area (TPSA) is 115 Å². The normalized spacial score (nSPS) is 30.4. The van der Waals surface area contributed by atoms with Crippen LogP contribution in [0.3, 0.4) is 0 Å². The van der Waals surface area contributed by atoms with Gasteiger partial charge in [-0.3, -0.25) is 4.79 Å². The van der Waals surface area contributed by atoms with Crippen molar-refractivity contribution in [2.45, 2.75) is 13.0 Å². The zero-order valence-corrected chi connectivity index (χ0v) is 7.84. The fourth-order valence-electron chi connectivity index (χ4n) is 1.35. The Morgan fingerprint density at radius 3 is 2.33 bits per heavy atom. The minimum absolute atomic E-state index is 0.484. The molecule has 1 rings (SSSR count). The standard InChI is InChI=1S/C9H10O6/c1-9(8(14)15)3-4(10)2-5(6(9)11)7(12)13/h2-3,6,10-11H,1H3,(H,12,13)(H,14,15). The summed E-state index contributed by atoms with van der Waals surface area (Å²) in [5.41, 5.74) is -2.37. The van der Waals surface area contributed by atoms with E-state index in [-0.39, 0.29) is 0 Å². The monoisotopic (exact) mass is 214 g/mol. The van der Waals surface area contributed by atoms with Gasteiger partial charge in [-0.1, -0.05) is 0 Å². The van der Waals surface area contributed by atoms with Crippen LogP contribution < -0.4 is 0 Å². The number of carboxylic acid groups (broad SMARTS) is 2. The zero-order chi connectivity index (χ0) is 11.8. The smallest absolute Gasteiger partial charge is 0.334 e. The Hall–Kier alpha value is -1.82. The van der Waals surface area contributed by atoms with E-state index in [2.05, 4.69) is 0 Å². The summed E-state index contributed by atoms with van der Waals surface area (Å²) in [6, 6.07) is 0. The van der Waals surface area contributed by atoms with Crippen LogP contribution in [-0.2, 0) is 9.59 Å². The second-order valence-electron chi connectivity index (χ2n) is 3.46. The molecule has 4 N–H and O–H groups in total. The summed E-state index contributed by atoms with van der Waals surface area (Å²) in [6.45, 7) is 1.13. The molecule has 0 fully saturated rings. The molecule has 15 heavy (non-hydrogen) atoms. The Kier molecular flexibility index (Phi) is 2.55. The molecule has 0 spiro atoms. The zero-order valence-electron chi connectivity index (χ0n) is 7.84. The van der Waals surface area contributed by atoms with E-state index in [4.69, 9.17) is 10.2 Å². The highest BCUT2D eigenvalue weighted by atomic mass is 16.4. The van der Waals surface area contributed by atoms with Gasteiger partial charge in [-0.15, -0.1) is 0 Å². The molecule has 0 saturated heterocycles. The van der Waals surface area contributed by atoms with Gasteiger partial charge in [-0.25, -0.2) is 4.79 Å². The largest absolute Gasteiger partial charge is 0.508 e. The van der Waals surface area contributed by atoms with Crippen LogP contribution in [0.15, 0.2) is 23.5 Å². The van der Waals surface area contributed by atoms with E-state index in [9.17, 15) is 19.8 Å². The third kappa shape index (κ3) is 1.71. The molecule has 0 heterocycles. The molecular formula is C9H10O6. The Balaban J connectivity index is 3.26. The average Bonchev–Trinajstić information content (AvgIpc) is 2.10. The van der Waals surface area contributed by atoms with Gasteiger partial charge < -0.3 is 20.4 Å². The number of hydrogen-bond donors (Lipinski definition) is 4. The Labute approximate surface area is 84.8 Å². The maximum atomic E-state index is 10.9. The van der Waals surface area contributed by atoms with Crippen LogP contribution in [0.5, 0.6) is 0 Å². The number of allylic oxidation sites excluding steroid dienone is 1. The van der Waals surface area contributed by atoms with Gasteiger partial charge >= 0.3 is 11.9 Å². The lowest BCUT2D eigenvalue weighted by atomic mass is 9.77. The fraction of sp³-hybridized carbons (Fsp3) is 0.333. The summed E-state index contributed by atoms with van der Waals surface area (Å²) < 4.78 is 0. The summed E-state index contributed by atoms with van der Waals surface area (Å²) >= 11 is 0. The lowest BCUT2D eigenvalue weighted by Gasteiger charge is -2.30. The predicted octanol–water partition coefficient (Wildman–Crippen LogP) is -0.0953. The number of aliphatic hydroxyl groups is 2. The molecule has 0 aliphatic heterocycles. The second-order valence-corrected chi connectivity index (χ2v) is 3.46. The van der Waals surface area contributed by atoms with Crippen LogP contribution in [0.2, 0.25) is 0 Å². The highest BCUT2D eigenvalue weighted by Gasteiger charge is 2.45. The summed E-state index contributed by atoms with van der Waals surface area (Å²) in [5, 5.41) is 36.3. The number of hydrogen-bond acceptors (Lipinski definition) is 4. The van der Waals surface area contributed by atoms with Crippen LogP contribution in [0, 0.1) is 5.41 Å². The Bertz CT molecular complexity index is 380. The first kappa shape index (κ1) is 11.3. The summed E-state index contributed by atoms with van der Waals surface area (Å²) in [7, 11) is 0. The first-order valence-corrected chi connectivity index (χ1v) is 4.07. The third-order valence-corrected chi connectivity index (χ3v) is 2.32. The van der Waals surface area contributed by atoms with Crippen LogP contribution in [0.25, 0.3) is 0 Å². The molecule has 0 amide bonds. The van der Waals surface area contributed by atoms with E-state index in [1.54, 1.807) is 0 Å². The van der Waals surface area contributed by atoms with Gasteiger partial charge in [0.05, 0.1) is 5.57 Å². The number of aliphatic hydroxyl groups excluding tert-OH is 2. The molecule has 0 bridgehead atoms. The molecule has 1 aliphatic carbocycles. The third-order valence-electron chi connectivity index (χ3n) is 2.32. The molecule has 6 heteroatoms. The minimum Gasteiger partial charge on any atom is -0.508 e. The van der Waals surface area contributed by atoms with E-state index in [1.807, 2.05) is 0 Å². The predicted molar refractivity (Wildman–Crippen MR) is 48.2 cm³/mol. The van der Waals surface area contributed by atoms with Crippen molar-refractivity contribution < 1.29 is 30.0 Å². The van der Waals surface area contributed by atoms with E-state index < -0.39 is 34.8 Å². The minimum atomic E-state index is -1.83. The van der Waals surface area contributed by atoms with E-state index in [1.165, 1.54) is 0 Å². The van der Waals surface area contributed by atoms with Crippen molar-refractivity contribution >= 4 is 11.9 Å². The summed E-state index contributed by atoms with van der Waals surface area (Å²) in [4.78, 5) is 21.5. The molecule has 2 unspecified atom stereocenters. The van der Waals surface area contributed by atoms with Crippen molar-refractivity contribution in [1.29, 1.82) is 0 Å². The van der Waals surface area contributed by atoms with Crippen LogP contribution in [0.4, 0.5) is 0 Å². The first-order chi connectivity index (χ1) is 6.79. The Morgan fingerprint density at radius 1 is 1.40 bits per heavy atom. The van der Waals surface area contributed by atoms with E-state index >= 15 is 0 Å². The lowest BCUT2D eigenvalue weighted by Crippen LogP contribution is -2.43. The molecule has 0 saturated carbocycles. The van der Waals surface area contributed by atoms with Gasteiger partial charge in [0.2, 0.25) is 0 Å². The molecule has 2 atom stereocenters. The number of rotatable bonds is 2. The van der Waals surface area contributed by atoms with Crippen molar-refractivity contribution in [3.8, 4) is 0 Å². The fourth-order valence-corrected chi connectivity index (χ4v) is 1.35. The molecule has 0 aromatic rings.